The first-order chi connectivity index (χ1) is 8.23. The van der Waals surface area contributed by atoms with Gasteiger partial charge in [0, 0.05) is 0 Å². The lowest BCUT2D eigenvalue weighted by Gasteiger charge is -2.33. The van der Waals surface area contributed by atoms with Crippen LogP contribution in [0, 0.1) is 10.8 Å². The summed E-state index contributed by atoms with van der Waals surface area (Å²) in [4.78, 5) is 0. The second kappa shape index (κ2) is 5.73. The number of benzene rings is 1. The van der Waals surface area contributed by atoms with Crippen molar-refractivity contribution in [1.82, 2.24) is 0 Å². The largest absolute Gasteiger partial charge is 0.0996 e. The highest BCUT2D eigenvalue weighted by Crippen LogP contribution is 2.38. The van der Waals surface area contributed by atoms with Crippen LogP contribution in [-0.4, -0.2) is 0 Å². The molecule has 18 heavy (non-hydrogen) atoms. The number of hydrogen-bond acceptors (Lipinski definition) is 0. The molecule has 1 unspecified atom stereocenters. The third-order valence-corrected chi connectivity index (χ3v) is 3.89. The fourth-order valence-electron chi connectivity index (χ4n) is 2.15. The molecule has 0 fully saturated rings. The molecule has 0 N–H and O–H groups in total. The second-order valence-electron chi connectivity index (χ2n) is 7.06. The van der Waals surface area contributed by atoms with E-state index >= 15 is 0 Å². The maximum atomic E-state index is 4.22. The Morgan fingerprint density at radius 3 is 2.00 bits per heavy atom. The zero-order valence-corrected chi connectivity index (χ0v) is 12.7. The van der Waals surface area contributed by atoms with Crippen LogP contribution in [0.2, 0.25) is 0 Å². The van der Waals surface area contributed by atoms with Crippen LogP contribution < -0.4 is 0 Å². The molecular weight excluding hydrogens is 216 g/mol. The van der Waals surface area contributed by atoms with Crippen LogP contribution in [-0.2, 0) is 6.42 Å². The predicted octanol–water partition coefficient (Wildman–Crippen LogP) is 5.64. The summed E-state index contributed by atoms with van der Waals surface area (Å²) in [5, 5.41) is 0. The molecule has 1 rings (SSSR count). The zero-order chi connectivity index (χ0) is 13.8. The molecule has 0 heteroatoms. The Morgan fingerprint density at radius 2 is 1.56 bits per heavy atom. The van der Waals surface area contributed by atoms with E-state index in [2.05, 4.69) is 71.5 Å². The first-order valence-corrected chi connectivity index (χ1v) is 6.93. The summed E-state index contributed by atoms with van der Waals surface area (Å²) >= 11 is 0. The molecule has 0 saturated heterocycles. The minimum absolute atomic E-state index is 0.217. The summed E-state index contributed by atoms with van der Waals surface area (Å²) < 4.78 is 0. The number of hydrogen-bond donors (Lipinski definition) is 0. The average molecular weight is 244 g/mol. The highest BCUT2D eigenvalue weighted by Gasteiger charge is 2.27. The van der Waals surface area contributed by atoms with E-state index in [1.807, 2.05) is 0 Å². The third kappa shape index (κ3) is 4.68. The number of allylic oxidation sites excluding steroid dienone is 1. The number of rotatable bonds is 5. The average Bonchev–Trinajstić information content (AvgIpc) is 2.27. The van der Waals surface area contributed by atoms with Crippen LogP contribution >= 0.6 is 0 Å². The van der Waals surface area contributed by atoms with E-state index in [-0.39, 0.29) is 5.41 Å². The Hall–Kier alpha value is -1.04. The maximum Gasteiger partial charge on any atom is -0.00813 e. The van der Waals surface area contributed by atoms with Gasteiger partial charge in [0.1, 0.15) is 0 Å². The first kappa shape index (κ1) is 15.0. The molecular formula is C18H28. The summed E-state index contributed by atoms with van der Waals surface area (Å²) in [7, 11) is 0. The SMILES string of the molecule is C=C(C)C(C)(CCC(C)(C)C)Cc1ccccc1. The molecule has 1 aromatic carbocycles. The van der Waals surface area contributed by atoms with Gasteiger partial charge in [-0.3, -0.25) is 0 Å². The minimum Gasteiger partial charge on any atom is -0.0996 e. The Kier molecular flexibility index (Phi) is 4.78. The lowest BCUT2D eigenvalue weighted by molar-refractivity contribution is 0.270. The summed E-state index contributed by atoms with van der Waals surface area (Å²) in [6.45, 7) is 15.7. The Morgan fingerprint density at radius 1 is 1.00 bits per heavy atom. The van der Waals surface area contributed by atoms with E-state index in [9.17, 15) is 0 Å². The molecule has 0 spiro atoms. The molecule has 0 amide bonds. The topological polar surface area (TPSA) is 0 Å². The molecule has 0 nitrogen and oxygen atoms in total. The van der Waals surface area contributed by atoms with Gasteiger partial charge in [0.25, 0.3) is 0 Å². The van der Waals surface area contributed by atoms with Gasteiger partial charge in [0.05, 0.1) is 0 Å². The van der Waals surface area contributed by atoms with Crippen molar-refractivity contribution < 1.29 is 0 Å². The van der Waals surface area contributed by atoms with Crippen molar-refractivity contribution in [3.8, 4) is 0 Å². The smallest absolute Gasteiger partial charge is 0.00813 e. The van der Waals surface area contributed by atoms with E-state index in [0.29, 0.717) is 5.41 Å². The van der Waals surface area contributed by atoms with Gasteiger partial charge < -0.3 is 0 Å². The highest BCUT2D eigenvalue weighted by atomic mass is 14.3. The van der Waals surface area contributed by atoms with Crippen molar-refractivity contribution in [2.24, 2.45) is 10.8 Å². The van der Waals surface area contributed by atoms with Gasteiger partial charge in [-0.15, -0.1) is 0 Å². The van der Waals surface area contributed by atoms with Gasteiger partial charge >= 0.3 is 0 Å². The van der Waals surface area contributed by atoms with Crippen molar-refractivity contribution in [3.05, 3.63) is 48.0 Å². The van der Waals surface area contributed by atoms with Gasteiger partial charge in [-0.05, 0) is 42.6 Å². The Labute approximate surface area is 113 Å². The van der Waals surface area contributed by atoms with E-state index in [1.165, 1.54) is 24.0 Å². The molecule has 0 radical (unpaired) electrons. The molecule has 0 aliphatic heterocycles. The monoisotopic (exact) mass is 244 g/mol. The third-order valence-electron chi connectivity index (χ3n) is 3.89. The summed E-state index contributed by atoms with van der Waals surface area (Å²) in [5.74, 6) is 0. The molecule has 1 aromatic rings. The van der Waals surface area contributed by atoms with Crippen molar-refractivity contribution in [3.63, 3.8) is 0 Å². The van der Waals surface area contributed by atoms with E-state index in [0.717, 1.165) is 6.42 Å². The van der Waals surface area contributed by atoms with Crippen molar-refractivity contribution in [1.29, 1.82) is 0 Å². The molecule has 100 valence electrons. The van der Waals surface area contributed by atoms with Crippen LogP contribution in [0.15, 0.2) is 42.5 Å². The lowest BCUT2D eigenvalue weighted by atomic mass is 9.71. The van der Waals surface area contributed by atoms with Gasteiger partial charge in [0.15, 0.2) is 0 Å². The van der Waals surface area contributed by atoms with Gasteiger partial charge in [-0.25, -0.2) is 0 Å². The fraction of sp³-hybridized carbons (Fsp3) is 0.556. The predicted molar refractivity (Wildman–Crippen MR) is 81.8 cm³/mol. The zero-order valence-electron chi connectivity index (χ0n) is 12.7. The van der Waals surface area contributed by atoms with E-state index in [4.69, 9.17) is 0 Å². The molecule has 0 heterocycles. The van der Waals surface area contributed by atoms with Crippen molar-refractivity contribution in [2.75, 3.05) is 0 Å². The van der Waals surface area contributed by atoms with Gasteiger partial charge in [-0.1, -0.05) is 70.2 Å². The second-order valence-corrected chi connectivity index (χ2v) is 7.06. The van der Waals surface area contributed by atoms with Crippen LogP contribution in [0.3, 0.4) is 0 Å². The molecule has 0 aromatic heterocycles. The molecule has 0 bridgehead atoms. The molecule has 0 aliphatic carbocycles. The molecule has 1 atom stereocenters. The fourth-order valence-corrected chi connectivity index (χ4v) is 2.15. The quantitative estimate of drug-likeness (QED) is 0.588. The van der Waals surface area contributed by atoms with E-state index < -0.39 is 0 Å². The van der Waals surface area contributed by atoms with E-state index in [1.54, 1.807) is 0 Å². The van der Waals surface area contributed by atoms with Crippen molar-refractivity contribution in [2.45, 2.75) is 53.9 Å². The summed E-state index contributed by atoms with van der Waals surface area (Å²) in [6, 6.07) is 10.8. The molecule has 0 saturated carbocycles. The minimum atomic E-state index is 0.217. The normalized spacial score (nSPS) is 15.2. The Bertz CT molecular complexity index is 380. The van der Waals surface area contributed by atoms with Crippen LogP contribution in [0.1, 0.15) is 53.0 Å². The van der Waals surface area contributed by atoms with Crippen LogP contribution in [0.25, 0.3) is 0 Å². The molecule has 0 aliphatic rings. The lowest BCUT2D eigenvalue weighted by Crippen LogP contribution is -2.23. The summed E-state index contributed by atoms with van der Waals surface area (Å²) in [5.41, 5.74) is 3.33. The maximum absolute atomic E-state index is 4.22. The van der Waals surface area contributed by atoms with Crippen LogP contribution in [0.5, 0.6) is 0 Å². The first-order valence-electron chi connectivity index (χ1n) is 6.93. The van der Waals surface area contributed by atoms with Crippen LogP contribution in [0.4, 0.5) is 0 Å². The van der Waals surface area contributed by atoms with Gasteiger partial charge in [-0.2, -0.15) is 0 Å². The summed E-state index contributed by atoms with van der Waals surface area (Å²) in [6.07, 6.45) is 3.54. The van der Waals surface area contributed by atoms with Crippen molar-refractivity contribution >= 4 is 0 Å². The van der Waals surface area contributed by atoms with Gasteiger partial charge in [0.2, 0.25) is 0 Å². The standard InChI is InChI=1S/C18H28/c1-15(2)18(6,13-12-17(3,4)5)14-16-10-8-7-9-11-16/h7-11H,1,12-14H2,2-6H3. The highest BCUT2D eigenvalue weighted by molar-refractivity contribution is 5.20. The Balaban J connectivity index is 2.78.